The molecule has 1 N–H and O–H groups in total. The van der Waals surface area contributed by atoms with Crippen LogP contribution in [0.3, 0.4) is 0 Å². The molecule has 6 rings (SSSR count). The molecule has 6 aliphatic rings. The van der Waals surface area contributed by atoms with Gasteiger partial charge in [0.05, 0.1) is 17.8 Å². The van der Waals surface area contributed by atoms with Crippen LogP contribution in [0.5, 0.6) is 0 Å². The number of epoxide rings is 2. The third kappa shape index (κ3) is 2.95. The Kier molecular flexibility index (Phi) is 5.27. The minimum atomic E-state index is -0.906. The fourth-order valence-electron chi connectivity index (χ4n) is 10.4. The highest BCUT2D eigenvalue weighted by Gasteiger charge is 2.96. The van der Waals surface area contributed by atoms with E-state index >= 15 is 0 Å². The zero-order chi connectivity index (χ0) is 25.2. The minimum absolute atomic E-state index is 0.0706. The maximum absolute atomic E-state index is 12.1. The summed E-state index contributed by atoms with van der Waals surface area (Å²) in [7, 11) is 0. The fraction of sp³-hybridized carbons (Fsp3) is 0.967. The second kappa shape index (κ2) is 7.47. The van der Waals surface area contributed by atoms with Crippen LogP contribution in [0.25, 0.3) is 0 Å². The molecule has 2 heterocycles. The van der Waals surface area contributed by atoms with Crippen LogP contribution in [-0.2, 0) is 19.0 Å². The normalized spacial score (nSPS) is 55.1. The van der Waals surface area contributed by atoms with Crippen molar-refractivity contribution in [2.45, 2.75) is 141 Å². The van der Waals surface area contributed by atoms with Crippen molar-refractivity contribution in [3.8, 4) is 0 Å². The van der Waals surface area contributed by atoms with Crippen molar-refractivity contribution in [3.63, 3.8) is 0 Å². The van der Waals surface area contributed by atoms with Crippen LogP contribution in [0.4, 0.5) is 0 Å². The summed E-state index contributed by atoms with van der Waals surface area (Å²) in [6.45, 7) is 15.9. The van der Waals surface area contributed by atoms with Gasteiger partial charge in [-0.1, -0.05) is 54.4 Å². The Bertz CT molecular complexity index is 903. The van der Waals surface area contributed by atoms with Crippen LogP contribution >= 0.6 is 0 Å². The molecule has 2 spiro atoms. The van der Waals surface area contributed by atoms with E-state index in [-0.39, 0.29) is 46.3 Å². The molecule has 6 fully saturated rings. The van der Waals surface area contributed by atoms with Crippen LogP contribution in [0.2, 0.25) is 0 Å². The third-order valence-electron chi connectivity index (χ3n) is 12.8. The molecule has 0 aromatic rings. The Morgan fingerprint density at radius 1 is 1.00 bits per heavy atom. The summed E-state index contributed by atoms with van der Waals surface area (Å²) in [6, 6.07) is 0. The Balaban J connectivity index is 1.26. The number of hydrogen-bond donors (Lipinski definition) is 1. The van der Waals surface area contributed by atoms with Crippen molar-refractivity contribution in [1.29, 1.82) is 0 Å². The largest absolute Gasteiger partial charge is 0.462 e. The Labute approximate surface area is 212 Å². The second-order valence-electron chi connectivity index (χ2n) is 14.5. The first-order valence-corrected chi connectivity index (χ1v) is 14.6. The van der Waals surface area contributed by atoms with Crippen LogP contribution in [-0.4, -0.2) is 46.2 Å². The smallest absolute Gasteiger partial charge is 0.302 e. The Morgan fingerprint density at radius 2 is 1.74 bits per heavy atom. The Morgan fingerprint density at radius 3 is 2.43 bits per heavy atom. The number of carbonyl (C=O) groups is 1. The van der Waals surface area contributed by atoms with Crippen LogP contribution < -0.4 is 0 Å². The zero-order valence-corrected chi connectivity index (χ0v) is 23.1. The van der Waals surface area contributed by atoms with E-state index in [1.807, 2.05) is 0 Å². The lowest BCUT2D eigenvalue weighted by Crippen LogP contribution is -2.72. The molecule has 2 aliphatic heterocycles. The molecule has 12 atom stereocenters. The maximum Gasteiger partial charge on any atom is 0.302 e. The molecular formula is C30H48O5. The van der Waals surface area contributed by atoms with Crippen LogP contribution in [0, 0.1) is 40.4 Å². The van der Waals surface area contributed by atoms with Gasteiger partial charge in [-0.05, 0) is 67.1 Å². The maximum atomic E-state index is 12.1. The molecule has 4 aliphatic carbocycles. The summed E-state index contributed by atoms with van der Waals surface area (Å²) >= 11 is 0. The molecule has 198 valence electrons. The SMILES string of the molecule is CC(=O)O[C@@H]1CC[C@@]2(C)[C@](O)(C1)C[C@@H]1O[C@@]13[C@H]1CC[C@@H]([C@H](C)CC[C@H](C)C(C)C)[C@@]1(C)C[C@H]1O[C@@]132. The number of carbonyl (C=O) groups excluding carboxylic acids is 1. The molecule has 5 heteroatoms. The van der Waals surface area contributed by atoms with E-state index in [0.717, 1.165) is 42.9 Å². The van der Waals surface area contributed by atoms with Gasteiger partial charge in [0.25, 0.3) is 0 Å². The molecule has 0 bridgehead atoms. The number of ether oxygens (including phenoxy) is 3. The van der Waals surface area contributed by atoms with Gasteiger partial charge in [0, 0.05) is 25.2 Å². The van der Waals surface area contributed by atoms with Crippen molar-refractivity contribution in [3.05, 3.63) is 0 Å². The molecule has 5 nitrogen and oxygen atoms in total. The molecule has 4 saturated carbocycles. The summed E-state index contributed by atoms with van der Waals surface area (Å²) in [4.78, 5) is 11.6. The van der Waals surface area contributed by atoms with Gasteiger partial charge in [-0.15, -0.1) is 0 Å². The molecule has 0 unspecified atom stereocenters. The van der Waals surface area contributed by atoms with Crippen LogP contribution in [0.15, 0.2) is 0 Å². The average molecular weight is 489 g/mol. The van der Waals surface area contributed by atoms with Crippen LogP contribution in [0.1, 0.15) is 106 Å². The average Bonchev–Trinajstić information content (AvgIpc) is 3.63. The van der Waals surface area contributed by atoms with Gasteiger partial charge in [-0.25, -0.2) is 0 Å². The van der Waals surface area contributed by atoms with Crippen molar-refractivity contribution >= 4 is 5.97 Å². The van der Waals surface area contributed by atoms with E-state index in [1.165, 1.54) is 32.6 Å². The molecule has 2 saturated heterocycles. The van der Waals surface area contributed by atoms with Gasteiger partial charge in [0.15, 0.2) is 0 Å². The van der Waals surface area contributed by atoms with E-state index in [0.29, 0.717) is 18.8 Å². The quantitative estimate of drug-likeness (QED) is 0.386. The number of fused-ring (bicyclic) bond motifs is 2. The number of hydrogen-bond acceptors (Lipinski definition) is 5. The van der Waals surface area contributed by atoms with Gasteiger partial charge < -0.3 is 19.3 Å². The lowest BCUT2D eigenvalue weighted by atomic mass is 9.42. The minimum Gasteiger partial charge on any atom is -0.462 e. The summed E-state index contributed by atoms with van der Waals surface area (Å²) in [5, 5.41) is 12.1. The highest BCUT2D eigenvalue weighted by atomic mass is 16.7. The first-order valence-electron chi connectivity index (χ1n) is 14.6. The topological polar surface area (TPSA) is 71.6 Å². The zero-order valence-electron chi connectivity index (χ0n) is 23.1. The number of esters is 1. The monoisotopic (exact) mass is 488 g/mol. The fourth-order valence-corrected chi connectivity index (χ4v) is 10.4. The Hall–Kier alpha value is -0.650. The summed E-state index contributed by atoms with van der Waals surface area (Å²) in [6.07, 6.45) is 9.09. The molecule has 0 radical (unpaired) electrons. The van der Waals surface area contributed by atoms with Crippen molar-refractivity contribution in [1.82, 2.24) is 0 Å². The third-order valence-corrected chi connectivity index (χ3v) is 12.8. The van der Waals surface area contributed by atoms with Gasteiger partial charge in [0.2, 0.25) is 0 Å². The highest BCUT2D eigenvalue weighted by molar-refractivity contribution is 5.66. The van der Waals surface area contributed by atoms with E-state index in [4.69, 9.17) is 14.2 Å². The van der Waals surface area contributed by atoms with Gasteiger partial charge in [-0.3, -0.25) is 4.79 Å². The van der Waals surface area contributed by atoms with Crippen molar-refractivity contribution in [2.24, 2.45) is 40.4 Å². The predicted octanol–water partition coefficient (Wildman–Crippen LogP) is 5.66. The van der Waals surface area contributed by atoms with E-state index < -0.39 is 5.60 Å². The molecular weight excluding hydrogens is 440 g/mol. The highest BCUT2D eigenvalue weighted by Crippen LogP contribution is 2.84. The first kappa shape index (κ1) is 24.7. The van der Waals surface area contributed by atoms with Gasteiger partial charge in [-0.2, -0.15) is 0 Å². The molecule has 0 aromatic carbocycles. The first-order chi connectivity index (χ1) is 16.3. The molecule has 0 amide bonds. The lowest BCUT2D eigenvalue weighted by molar-refractivity contribution is -0.209. The van der Waals surface area contributed by atoms with Gasteiger partial charge in [0.1, 0.15) is 17.3 Å². The number of aliphatic hydroxyl groups is 1. The second-order valence-corrected chi connectivity index (χ2v) is 14.5. The van der Waals surface area contributed by atoms with Crippen molar-refractivity contribution in [2.75, 3.05) is 0 Å². The summed E-state index contributed by atoms with van der Waals surface area (Å²) < 4.78 is 19.2. The molecule has 35 heavy (non-hydrogen) atoms. The summed E-state index contributed by atoms with van der Waals surface area (Å²) in [5.41, 5.74) is -1.60. The van der Waals surface area contributed by atoms with Crippen molar-refractivity contribution < 1.29 is 24.1 Å². The van der Waals surface area contributed by atoms with E-state index in [1.54, 1.807) is 0 Å². The lowest BCUT2D eigenvalue weighted by Gasteiger charge is -2.60. The van der Waals surface area contributed by atoms with E-state index in [9.17, 15) is 9.90 Å². The predicted molar refractivity (Wildman–Crippen MR) is 134 cm³/mol. The number of rotatable bonds is 6. The van der Waals surface area contributed by atoms with E-state index in [2.05, 4.69) is 41.5 Å². The standard InChI is InChI=1S/C30H48O5/c1-17(2)18(3)8-9-19(4)22-10-11-23-26(22,6)15-25-30(35-25)27(7)13-12-21(33-20(5)31)14-28(27,32)16-24-29(23,30)34-24/h17-19,21-25,32H,8-16H2,1-7H3/t18-,19+,21+,22-,23-,24-,25+,26+,27-,28-,29-,30+/m0/s1. The molecule has 0 aromatic heterocycles. The van der Waals surface area contributed by atoms with Gasteiger partial charge >= 0.3 is 5.97 Å². The summed E-state index contributed by atoms with van der Waals surface area (Å²) in [5.74, 6) is 3.24.